The molecule has 134 valence electrons. The van der Waals surface area contributed by atoms with Crippen LogP contribution in [0, 0.1) is 5.82 Å². The van der Waals surface area contributed by atoms with Crippen molar-refractivity contribution in [2.75, 3.05) is 0 Å². The highest BCUT2D eigenvalue weighted by Crippen LogP contribution is 2.28. The molecule has 1 heterocycles. The second-order valence-corrected chi connectivity index (χ2v) is 7.04. The number of rotatable bonds is 6. The Morgan fingerprint density at radius 2 is 2.24 bits per heavy atom. The zero-order valence-corrected chi connectivity index (χ0v) is 15.1. The fourth-order valence-corrected chi connectivity index (χ4v) is 2.95. The molecule has 0 saturated heterocycles. The maximum absolute atomic E-state index is 14.1. The number of urea groups is 1. The molecule has 3 rings (SSSR count). The molecule has 5 nitrogen and oxygen atoms in total. The molecule has 1 saturated carbocycles. The summed E-state index contributed by atoms with van der Waals surface area (Å²) in [4.78, 5) is 18.6. The summed E-state index contributed by atoms with van der Waals surface area (Å²) < 4.78 is 15.9. The fourth-order valence-electron chi connectivity index (χ4n) is 2.72. The van der Waals surface area contributed by atoms with Crippen LogP contribution in [0.5, 0.6) is 0 Å². The van der Waals surface area contributed by atoms with Gasteiger partial charge < -0.3 is 14.8 Å². The van der Waals surface area contributed by atoms with Crippen molar-refractivity contribution in [1.29, 1.82) is 0 Å². The minimum Gasteiger partial charge on any atom is -0.336 e. The van der Waals surface area contributed by atoms with Gasteiger partial charge in [0, 0.05) is 35.1 Å². The van der Waals surface area contributed by atoms with Gasteiger partial charge in [-0.05, 0) is 38.8 Å². The van der Waals surface area contributed by atoms with Gasteiger partial charge in [-0.3, -0.25) is 0 Å². The number of benzene rings is 1. The molecule has 0 unspecified atom stereocenters. The fraction of sp³-hybridized carbons (Fsp3) is 0.444. The van der Waals surface area contributed by atoms with Crippen LogP contribution in [0.25, 0.3) is 0 Å². The standard InChI is InChI=1S/C18H22ClFN4O/c1-12(2)22-18(25)24(13-6-7-13)11-17-21-8-9-23(17)10-14-15(19)4-3-5-16(14)20/h3-5,8-9,12-13H,6-7,10-11H2,1-2H3,(H,22,25). The van der Waals surface area contributed by atoms with Crippen LogP contribution in [-0.4, -0.2) is 32.6 Å². The summed E-state index contributed by atoms with van der Waals surface area (Å²) >= 11 is 6.12. The minimum atomic E-state index is -0.344. The Balaban J connectivity index is 1.78. The van der Waals surface area contributed by atoms with E-state index in [4.69, 9.17) is 11.6 Å². The van der Waals surface area contributed by atoms with Crippen molar-refractivity contribution in [3.63, 3.8) is 0 Å². The normalized spacial score (nSPS) is 14.0. The largest absolute Gasteiger partial charge is 0.336 e. The second-order valence-electron chi connectivity index (χ2n) is 6.63. The van der Waals surface area contributed by atoms with E-state index in [9.17, 15) is 9.18 Å². The lowest BCUT2D eigenvalue weighted by Crippen LogP contribution is -2.44. The van der Waals surface area contributed by atoms with Crippen LogP contribution < -0.4 is 5.32 Å². The van der Waals surface area contributed by atoms with E-state index in [0.29, 0.717) is 23.0 Å². The zero-order valence-electron chi connectivity index (χ0n) is 14.4. The summed E-state index contributed by atoms with van der Waals surface area (Å²) in [5, 5.41) is 3.32. The lowest BCUT2D eigenvalue weighted by atomic mass is 10.2. The highest BCUT2D eigenvalue weighted by atomic mass is 35.5. The summed E-state index contributed by atoms with van der Waals surface area (Å²) in [6.45, 7) is 4.54. The summed E-state index contributed by atoms with van der Waals surface area (Å²) in [5.74, 6) is 0.369. The summed E-state index contributed by atoms with van der Waals surface area (Å²) in [7, 11) is 0. The molecule has 1 aromatic heterocycles. The molecule has 0 aliphatic heterocycles. The van der Waals surface area contributed by atoms with E-state index in [1.165, 1.54) is 6.07 Å². The third-order valence-corrected chi connectivity index (χ3v) is 4.52. The molecule has 1 aromatic carbocycles. The van der Waals surface area contributed by atoms with E-state index in [1.54, 1.807) is 24.5 Å². The third kappa shape index (κ3) is 4.31. The highest BCUT2D eigenvalue weighted by molar-refractivity contribution is 6.31. The Kier molecular flexibility index (Phi) is 5.27. The molecule has 0 spiro atoms. The van der Waals surface area contributed by atoms with Gasteiger partial charge in [0.25, 0.3) is 0 Å². The number of nitrogens with one attached hydrogen (secondary N) is 1. The van der Waals surface area contributed by atoms with Crippen molar-refractivity contribution in [2.24, 2.45) is 0 Å². The van der Waals surface area contributed by atoms with Gasteiger partial charge in [0.2, 0.25) is 0 Å². The average Bonchev–Trinajstić information content (AvgIpc) is 3.28. The van der Waals surface area contributed by atoms with Gasteiger partial charge in [0.1, 0.15) is 11.6 Å². The maximum Gasteiger partial charge on any atom is 0.318 e. The van der Waals surface area contributed by atoms with Crippen molar-refractivity contribution in [1.82, 2.24) is 19.8 Å². The molecule has 1 N–H and O–H groups in total. The number of hydrogen-bond acceptors (Lipinski definition) is 2. The molecule has 2 aromatic rings. The monoisotopic (exact) mass is 364 g/mol. The van der Waals surface area contributed by atoms with Crippen LogP contribution in [0.3, 0.4) is 0 Å². The Hall–Kier alpha value is -2.08. The van der Waals surface area contributed by atoms with Crippen molar-refractivity contribution in [3.05, 3.63) is 52.8 Å². The van der Waals surface area contributed by atoms with E-state index < -0.39 is 0 Å². The first-order valence-electron chi connectivity index (χ1n) is 8.45. The summed E-state index contributed by atoms with van der Waals surface area (Å²) in [6.07, 6.45) is 5.45. The average molecular weight is 365 g/mol. The predicted molar refractivity (Wildman–Crippen MR) is 95.0 cm³/mol. The Morgan fingerprint density at radius 3 is 2.88 bits per heavy atom. The molecule has 2 amide bonds. The van der Waals surface area contributed by atoms with Crippen LogP contribution in [0.15, 0.2) is 30.6 Å². The topological polar surface area (TPSA) is 50.2 Å². The number of aromatic nitrogens is 2. The number of nitrogens with zero attached hydrogens (tertiary/aromatic N) is 3. The quantitative estimate of drug-likeness (QED) is 0.847. The maximum atomic E-state index is 14.1. The first kappa shape index (κ1) is 17.7. The molecule has 0 atom stereocenters. The lowest BCUT2D eigenvalue weighted by molar-refractivity contribution is 0.187. The molecule has 1 aliphatic carbocycles. The van der Waals surface area contributed by atoms with Crippen LogP contribution in [-0.2, 0) is 13.1 Å². The predicted octanol–water partition coefficient (Wildman–Crippen LogP) is 3.81. The van der Waals surface area contributed by atoms with E-state index in [1.807, 2.05) is 23.3 Å². The summed E-state index contributed by atoms with van der Waals surface area (Å²) in [6, 6.07) is 4.89. The van der Waals surface area contributed by atoms with Crippen molar-refractivity contribution in [2.45, 2.75) is 51.9 Å². The number of carbonyl (C=O) groups is 1. The van der Waals surface area contributed by atoms with Gasteiger partial charge in [0.15, 0.2) is 0 Å². The molecule has 0 bridgehead atoms. The SMILES string of the molecule is CC(C)NC(=O)N(Cc1nccn1Cc1c(F)cccc1Cl)C1CC1. The van der Waals surface area contributed by atoms with Gasteiger partial charge in [-0.1, -0.05) is 17.7 Å². The van der Waals surface area contributed by atoms with Crippen LogP contribution >= 0.6 is 11.6 Å². The number of amides is 2. The molecule has 25 heavy (non-hydrogen) atoms. The van der Waals surface area contributed by atoms with Gasteiger partial charge in [-0.25, -0.2) is 14.2 Å². The van der Waals surface area contributed by atoms with E-state index >= 15 is 0 Å². The number of halogens is 2. The molecule has 0 radical (unpaired) electrons. The molecule has 7 heteroatoms. The number of imidazole rings is 1. The third-order valence-electron chi connectivity index (χ3n) is 4.16. The smallest absolute Gasteiger partial charge is 0.318 e. The molecule has 1 aliphatic rings. The molecule has 1 fully saturated rings. The lowest BCUT2D eigenvalue weighted by Gasteiger charge is -2.24. The first-order chi connectivity index (χ1) is 12.0. The minimum absolute atomic E-state index is 0.0747. The highest BCUT2D eigenvalue weighted by Gasteiger charge is 2.33. The molecular formula is C18H22ClFN4O. The van der Waals surface area contributed by atoms with E-state index in [2.05, 4.69) is 10.3 Å². The Labute approximate surface area is 151 Å². The Bertz CT molecular complexity index is 737. The molecular weight excluding hydrogens is 343 g/mol. The zero-order chi connectivity index (χ0) is 18.0. The van der Waals surface area contributed by atoms with Crippen molar-refractivity contribution < 1.29 is 9.18 Å². The Morgan fingerprint density at radius 1 is 1.48 bits per heavy atom. The summed E-state index contributed by atoms with van der Waals surface area (Å²) in [5.41, 5.74) is 0.424. The number of carbonyl (C=O) groups excluding carboxylic acids is 1. The van der Waals surface area contributed by atoms with E-state index in [-0.39, 0.29) is 30.5 Å². The second kappa shape index (κ2) is 7.44. The van der Waals surface area contributed by atoms with Gasteiger partial charge in [-0.2, -0.15) is 0 Å². The first-order valence-corrected chi connectivity index (χ1v) is 8.83. The van der Waals surface area contributed by atoms with Crippen LogP contribution in [0.2, 0.25) is 5.02 Å². The van der Waals surface area contributed by atoms with Crippen molar-refractivity contribution in [3.8, 4) is 0 Å². The van der Waals surface area contributed by atoms with E-state index in [0.717, 1.165) is 12.8 Å². The van der Waals surface area contributed by atoms with Gasteiger partial charge >= 0.3 is 6.03 Å². The van der Waals surface area contributed by atoms with Crippen molar-refractivity contribution >= 4 is 17.6 Å². The van der Waals surface area contributed by atoms with Crippen LogP contribution in [0.4, 0.5) is 9.18 Å². The van der Waals surface area contributed by atoms with Gasteiger partial charge in [-0.15, -0.1) is 0 Å². The van der Waals surface area contributed by atoms with Crippen LogP contribution in [0.1, 0.15) is 38.1 Å². The van der Waals surface area contributed by atoms with Gasteiger partial charge in [0.05, 0.1) is 13.1 Å². The number of hydrogen-bond donors (Lipinski definition) is 1.